The number of aromatic nitrogens is 3. The molecule has 4 saturated carbocycles. The molecule has 1 atom stereocenters. The van der Waals surface area contributed by atoms with Gasteiger partial charge < -0.3 is 10.3 Å². The van der Waals surface area contributed by atoms with Gasteiger partial charge in [-0.25, -0.2) is 0 Å². The SMILES string of the molecule is CC(N)c1nncn1C12CC3CC(CC(C3)C1)C2. The Morgan fingerprint density at radius 2 is 1.78 bits per heavy atom. The van der Waals surface area contributed by atoms with Crippen LogP contribution in [0.3, 0.4) is 0 Å². The molecule has 1 heterocycles. The summed E-state index contributed by atoms with van der Waals surface area (Å²) in [5.74, 6) is 3.82. The van der Waals surface area contributed by atoms with Crippen molar-refractivity contribution in [1.82, 2.24) is 14.8 Å². The molecule has 4 aliphatic rings. The Kier molecular flexibility index (Phi) is 2.17. The molecule has 98 valence electrons. The molecule has 4 nitrogen and oxygen atoms in total. The fourth-order valence-corrected chi connectivity index (χ4v) is 5.28. The van der Waals surface area contributed by atoms with Crippen LogP contribution in [-0.2, 0) is 5.54 Å². The highest BCUT2D eigenvalue weighted by Crippen LogP contribution is 2.59. The fraction of sp³-hybridized carbons (Fsp3) is 0.857. The van der Waals surface area contributed by atoms with E-state index in [2.05, 4.69) is 14.8 Å². The zero-order valence-corrected chi connectivity index (χ0v) is 11.0. The van der Waals surface area contributed by atoms with Crippen molar-refractivity contribution in [2.45, 2.75) is 57.0 Å². The van der Waals surface area contributed by atoms with Crippen LogP contribution in [0, 0.1) is 17.8 Å². The molecule has 4 heteroatoms. The molecular weight excluding hydrogens is 224 g/mol. The molecule has 0 aromatic carbocycles. The van der Waals surface area contributed by atoms with Gasteiger partial charge in [0.1, 0.15) is 12.2 Å². The smallest absolute Gasteiger partial charge is 0.150 e. The van der Waals surface area contributed by atoms with Crippen LogP contribution in [0.25, 0.3) is 0 Å². The molecule has 4 fully saturated rings. The number of rotatable bonds is 2. The summed E-state index contributed by atoms with van der Waals surface area (Å²) in [4.78, 5) is 0. The van der Waals surface area contributed by atoms with Gasteiger partial charge in [-0.05, 0) is 63.2 Å². The molecule has 1 aromatic rings. The average Bonchev–Trinajstić information content (AvgIpc) is 2.76. The quantitative estimate of drug-likeness (QED) is 0.870. The summed E-state index contributed by atoms with van der Waals surface area (Å²) >= 11 is 0. The minimum atomic E-state index is -0.0134. The summed E-state index contributed by atoms with van der Waals surface area (Å²) in [7, 11) is 0. The van der Waals surface area contributed by atoms with Crippen LogP contribution < -0.4 is 5.73 Å². The number of hydrogen-bond acceptors (Lipinski definition) is 3. The zero-order chi connectivity index (χ0) is 12.3. The van der Waals surface area contributed by atoms with Crippen molar-refractivity contribution in [2.24, 2.45) is 23.5 Å². The molecular formula is C14H22N4. The monoisotopic (exact) mass is 246 g/mol. The van der Waals surface area contributed by atoms with Crippen molar-refractivity contribution in [1.29, 1.82) is 0 Å². The molecule has 1 aromatic heterocycles. The molecule has 4 aliphatic carbocycles. The second-order valence-corrected chi connectivity index (χ2v) is 6.99. The molecule has 0 aliphatic heterocycles. The summed E-state index contributed by atoms with van der Waals surface area (Å²) in [6, 6.07) is -0.0134. The molecule has 4 bridgehead atoms. The summed E-state index contributed by atoms with van der Waals surface area (Å²) in [6.45, 7) is 2.01. The van der Waals surface area contributed by atoms with Crippen molar-refractivity contribution >= 4 is 0 Å². The predicted octanol–water partition coefficient (Wildman–Crippen LogP) is 2.22. The van der Waals surface area contributed by atoms with E-state index >= 15 is 0 Å². The Hall–Kier alpha value is -0.900. The van der Waals surface area contributed by atoms with Gasteiger partial charge in [0.05, 0.1) is 6.04 Å². The molecule has 0 radical (unpaired) electrons. The van der Waals surface area contributed by atoms with E-state index in [-0.39, 0.29) is 6.04 Å². The predicted molar refractivity (Wildman–Crippen MR) is 68.8 cm³/mol. The van der Waals surface area contributed by atoms with Gasteiger partial charge in [-0.15, -0.1) is 10.2 Å². The van der Waals surface area contributed by atoms with E-state index in [1.54, 1.807) is 0 Å². The summed E-state index contributed by atoms with van der Waals surface area (Å²) in [6.07, 6.45) is 10.3. The summed E-state index contributed by atoms with van der Waals surface area (Å²) in [5.41, 5.74) is 6.36. The lowest BCUT2D eigenvalue weighted by molar-refractivity contribution is -0.0449. The first-order chi connectivity index (χ1) is 8.66. The van der Waals surface area contributed by atoms with Crippen LogP contribution in [0.15, 0.2) is 6.33 Å². The van der Waals surface area contributed by atoms with Crippen molar-refractivity contribution in [3.05, 3.63) is 12.2 Å². The van der Waals surface area contributed by atoms with E-state index in [1.807, 2.05) is 13.3 Å². The normalized spacial score (nSPS) is 43.3. The van der Waals surface area contributed by atoms with Gasteiger partial charge >= 0.3 is 0 Å². The average molecular weight is 246 g/mol. The second-order valence-electron chi connectivity index (χ2n) is 6.99. The Morgan fingerprint density at radius 1 is 1.22 bits per heavy atom. The van der Waals surface area contributed by atoms with Crippen LogP contribution >= 0.6 is 0 Å². The summed E-state index contributed by atoms with van der Waals surface area (Å²) in [5, 5.41) is 8.39. The first kappa shape index (κ1) is 11.0. The third-order valence-electron chi connectivity index (χ3n) is 5.50. The molecule has 18 heavy (non-hydrogen) atoms. The minimum absolute atomic E-state index is 0.0134. The van der Waals surface area contributed by atoms with Gasteiger partial charge in [0.15, 0.2) is 0 Å². The van der Waals surface area contributed by atoms with Crippen molar-refractivity contribution in [2.75, 3.05) is 0 Å². The van der Waals surface area contributed by atoms with E-state index in [1.165, 1.54) is 38.5 Å². The highest BCUT2D eigenvalue weighted by atomic mass is 15.3. The van der Waals surface area contributed by atoms with Crippen LogP contribution in [-0.4, -0.2) is 14.8 Å². The van der Waals surface area contributed by atoms with E-state index in [9.17, 15) is 0 Å². The van der Waals surface area contributed by atoms with Gasteiger partial charge in [0, 0.05) is 5.54 Å². The van der Waals surface area contributed by atoms with E-state index in [0.717, 1.165) is 23.6 Å². The maximum Gasteiger partial charge on any atom is 0.150 e. The standard InChI is InChI=1S/C14H22N4/c1-9(15)13-17-16-8-18(13)14-5-10-2-11(6-14)4-12(3-10)7-14/h8-12H,2-7,15H2,1H3. The third-order valence-corrected chi connectivity index (χ3v) is 5.50. The van der Waals surface area contributed by atoms with Gasteiger partial charge in [0.25, 0.3) is 0 Å². The Balaban J connectivity index is 1.77. The van der Waals surface area contributed by atoms with Crippen molar-refractivity contribution in [3.8, 4) is 0 Å². The second kappa shape index (κ2) is 3.56. The van der Waals surface area contributed by atoms with Crippen LogP contribution in [0.1, 0.15) is 57.3 Å². The minimum Gasteiger partial charge on any atom is -0.322 e. The Labute approximate surface area is 108 Å². The van der Waals surface area contributed by atoms with Gasteiger partial charge in [-0.1, -0.05) is 0 Å². The molecule has 0 amide bonds. The third kappa shape index (κ3) is 1.41. The maximum atomic E-state index is 6.05. The lowest BCUT2D eigenvalue weighted by atomic mass is 9.53. The van der Waals surface area contributed by atoms with Crippen LogP contribution in [0.4, 0.5) is 0 Å². The van der Waals surface area contributed by atoms with Crippen LogP contribution in [0.5, 0.6) is 0 Å². The number of nitrogens with two attached hydrogens (primary N) is 1. The number of hydrogen-bond donors (Lipinski definition) is 1. The van der Waals surface area contributed by atoms with E-state index < -0.39 is 0 Å². The van der Waals surface area contributed by atoms with E-state index in [4.69, 9.17) is 5.73 Å². The van der Waals surface area contributed by atoms with Crippen LogP contribution in [0.2, 0.25) is 0 Å². The van der Waals surface area contributed by atoms with Gasteiger partial charge in [-0.2, -0.15) is 0 Å². The Morgan fingerprint density at radius 3 is 2.28 bits per heavy atom. The van der Waals surface area contributed by atoms with Gasteiger partial charge in [0.2, 0.25) is 0 Å². The highest BCUT2D eigenvalue weighted by Gasteiger charge is 2.52. The Bertz CT molecular complexity index is 427. The van der Waals surface area contributed by atoms with E-state index in [0.29, 0.717) is 5.54 Å². The summed E-state index contributed by atoms with van der Waals surface area (Å²) < 4.78 is 2.35. The first-order valence-corrected chi connectivity index (χ1v) is 7.32. The lowest BCUT2D eigenvalue weighted by Gasteiger charge is -2.57. The number of nitrogens with zero attached hydrogens (tertiary/aromatic N) is 3. The molecule has 2 N–H and O–H groups in total. The fourth-order valence-electron chi connectivity index (χ4n) is 5.28. The lowest BCUT2D eigenvalue weighted by Crippen LogP contribution is -2.52. The van der Waals surface area contributed by atoms with Crippen molar-refractivity contribution < 1.29 is 0 Å². The highest BCUT2D eigenvalue weighted by molar-refractivity contribution is 5.09. The molecule has 0 saturated heterocycles. The van der Waals surface area contributed by atoms with Crippen molar-refractivity contribution in [3.63, 3.8) is 0 Å². The topological polar surface area (TPSA) is 56.7 Å². The van der Waals surface area contributed by atoms with Gasteiger partial charge in [-0.3, -0.25) is 0 Å². The molecule has 5 rings (SSSR count). The largest absolute Gasteiger partial charge is 0.322 e. The maximum absolute atomic E-state index is 6.05. The zero-order valence-electron chi connectivity index (χ0n) is 11.0. The molecule has 1 unspecified atom stereocenters. The molecule has 0 spiro atoms. The first-order valence-electron chi connectivity index (χ1n) is 7.32.